The predicted molar refractivity (Wildman–Crippen MR) is 113 cm³/mol. The average Bonchev–Trinajstić information content (AvgIpc) is 3.33. The molecule has 0 radical (unpaired) electrons. The molecule has 2 heterocycles. The molecule has 0 fully saturated rings. The van der Waals surface area contributed by atoms with Crippen molar-refractivity contribution in [1.29, 1.82) is 0 Å². The van der Waals surface area contributed by atoms with E-state index in [9.17, 15) is 4.39 Å². The van der Waals surface area contributed by atoms with Crippen LogP contribution in [0.5, 0.6) is 0 Å². The Morgan fingerprint density at radius 3 is 2.64 bits per heavy atom. The van der Waals surface area contributed by atoms with E-state index in [4.69, 9.17) is 11.6 Å². The van der Waals surface area contributed by atoms with Crippen LogP contribution in [0.2, 0.25) is 5.02 Å². The number of benzene rings is 2. The highest BCUT2D eigenvalue weighted by Crippen LogP contribution is 2.33. The van der Waals surface area contributed by atoms with Crippen LogP contribution >= 0.6 is 22.9 Å². The van der Waals surface area contributed by atoms with Crippen LogP contribution in [0.15, 0.2) is 73.1 Å². The van der Waals surface area contributed by atoms with Gasteiger partial charge >= 0.3 is 0 Å². The van der Waals surface area contributed by atoms with Gasteiger partial charge in [-0.25, -0.2) is 9.37 Å². The lowest BCUT2D eigenvalue weighted by Crippen LogP contribution is -2.25. The van der Waals surface area contributed by atoms with Gasteiger partial charge in [0.05, 0.1) is 6.04 Å². The molecule has 0 aliphatic heterocycles. The molecule has 1 unspecified atom stereocenters. The van der Waals surface area contributed by atoms with Crippen molar-refractivity contribution in [3.05, 3.63) is 100 Å². The van der Waals surface area contributed by atoms with Crippen LogP contribution in [0.25, 0.3) is 10.4 Å². The van der Waals surface area contributed by atoms with Crippen molar-refractivity contribution < 1.29 is 4.39 Å². The fraction of sp³-hybridized carbons (Fsp3) is 0.136. The molecule has 28 heavy (non-hydrogen) atoms. The number of aryl methyl sites for hydroxylation is 1. The Hall–Kier alpha value is -2.47. The van der Waals surface area contributed by atoms with E-state index in [2.05, 4.69) is 22.4 Å². The lowest BCUT2D eigenvalue weighted by atomic mass is 10.1. The van der Waals surface area contributed by atoms with Gasteiger partial charge in [0.1, 0.15) is 11.6 Å². The zero-order valence-electron chi connectivity index (χ0n) is 15.3. The van der Waals surface area contributed by atoms with E-state index >= 15 is 0 Å². The smallest absolute Gasteiger partial charge is 0.130 e. The molecule has 0 aliphatic carbocycles. The summed E-state index contributed by atoms with van der Waals surface area (Å²) >= 11 is 7.99. The highest BCUT2D eigenvalue weighted by molar-refractivity contribution is 7.15. The van der Waals surface area contributed by atoms with E-state index in [1.54, 1.807) is 29.7 Å². The van der Waals surface area contributed by atoms with Crippen molar-refractivity contribution in [3.8, 4) is 10.4 Å². The lowest BCUT2D eigenvalue weighted by Gasteiger charge is -2.19. The first-order valence-electron chi connectivity index (χ1n) is 8.92. The Morgan fingerprint density at radius 1 is 1.11 bits per heavy atom. The highest BCUT2D eigenvalue weighted by Gasteiger charge is 2.21. The van der Waals surface area contributed by atoms with E-state index in [0.29, 0.717) is 12.1 Å². The molecule has 0 amide bonds. The fourth-order valence-corrected chi connectivity index (χ4v) is 4.48. The Labute approximate surface area is 172 Å². The summed E-state index contributed by atoms with van der Waals surface area (Å²) in [6.45, 7) is 0.598. The number of halogens is 2. The zero-order chi connectivity index (χ0) is 19.5. The van der Waals surface area contributed by atoms with Crippen LogP contribution in [0, 0.1) is 5.82 Å². The van der Waals surface area contributed by atoms with E-state index < -0.39 is 0 Å². The Bertz CT molecular complexity index is 1090. The van der Waals surface area contributed by atoms with Gasteiger partial charge in [-0.3, -0.25) is 5.32 Å². The molecule has 1 N–H and O–H groups in total. The van der Waals surface area contributed by atoms with E-state index in [-0.39, 0.29) is 11.9 Å². The Morgan fingerprint density at radius 2 is 1.89 bits per heavy atom. The third-order valence-electron chi connectivity index (χ3n) is 4.61. The van der Waals surface area contributed by atoms with Gasteiger partial charge in [-0.05, 0) is 24.3 Å². The maximum atomic E-state index is 14.5. The molecule has 0 saturated carbocycles. The summed E-state index contributed by atoms with van der Waals surface area (Å²) in [6, 6.07) is 18.4. The summed E-state index contributed by atoms with van der Waals surface area (Å²) in [5.41, 5.74) is 1.61. The maximum absolute atomic E-state index is 14.5. The van der Waals surface area contributed by atoms with Gasteiger partial charge in [0.2, 0.25) is 0 Å². The van der Waals surface area contributed by atoms with Gasteiger partial charge < -0.3 is 4.57 Å². The summed E-state index contributed by atoms with van der Waals surface area (Å²) in [7, 11) is 1.92. The van der Waals surface area contributed by atoms with Gasteiger partial charge in [-0.1, -0.05) is 48.0 Å². The van der Waals surface area contributed by atoms with Gasteiger partial charge in [0.25, 0.3) is 0 Å². The quantitative estimate of drug-likeness (QED) is 0.433. The van der Waals surface area contributed by atoms with Gasteiger partial charge in [-0.2, -0.15) is 0 Å². The topological polar surface area (TPSA) is 29.9 Å². The first kappa shape index (κ1) is 18.9. The first-order valence-corrected chi connectivity index (χ1v) is 10.1. The molecule has 3 nitrogen and oxygen atoms in total. The number of rotatable bonds is 6. The van der Waals surface area contributed by atoms with Crippen LogP contribution in [0.4, 0.5) is 4.39 Å². The molecule has 2 aromatic carbocycles. The molecular weight excluding hydrogens is 393 g/mol. The van der Waals surface area contributed by atoms with E-state index in [1.807, 2.05) is 48.1 Å². The van der Waals surface area contributed by atoms with Crippen LogP contribution in [0.3, 0.4) is 0 Å². The first-order chi connectivity index (χ1) is 13.6. The van der Waals surface area contributed by atoms with Gasteiger partial charge in [0.15, 0.2) is 0 Å². The molecule has 4 aromatic rings. The second-order valence-electron chi connectivity index (χ2n) is 6.48. The van der Waals surface area contributed by atoms with Crippen molar-refractivity contribution >= 4 is 22.9 Å². The van der Waals surface area contributed by atoms with Crippen molar-refractivity contribution in [1.82, 2.24) is 14.9 Å². The molecule has 4 rings (SSSR count). The third kappa shape index (κ3) is 3.87. The van der Waals surface area contributed by atoms with Crippen LogP contribution in [-0.4, -0.2) is 9.55 Å². The number of nitrogens with one attached hydrogen (secondary N) is 1. The molecule has 0 aliphatic rings. The molecule has 0 spiro atoms. The number of hydrogen-bond donors (Lipinski definition) is 1. The van der Waals surface area contributed by atoms with Crippen molar-refractivity contribution in [2.45, 2.75) is 12.6 Å². The molecule has 2 aromatic heterocycles. The Kier molecular flexibility index (Phi) is 5.57. The molecule has 0 bridgehead atoms. The van der Waals surface area contributed by atoms with Crippen molar-refractivity contribution in [2.24, 2.45) is 7.05 Å². The fourth-order valence-electron chi connectivity index (χ4n) is 3.19. The number of hydrogen-bond acceptors (Lipinski definition) is 3. The lowest BCUT2D eigenvalue weighted by molar-refractivity contribution is 0.522. The molecule has 1 atom stereocenters. The van der Waals surface area contributed by atoms with Gasteiger partial charge in [-0.15, -0.1) is 11.3 Å². The zero-order valence-corrected chi connectivity index (χ0v) is 16.8. The SMILES string of the molecule is Cn1ccnc1C(NCc1ccc(-c2ccccc2Cl)s1)c1ccccc1F. The van der Waals surface area contributed by atoms with Crippen molar-refractivity contribution in [3.63, 3.8) is 0 Å². The monoisotopic (exact) mass is 411 g/mol. The average molecular weight is 412 g/mol. The second-order valence-corrected chi connectivity index (χ2v) is 8.05. The Balaban J connectivity index is 1.58. The summed E-state index contributed by atoms with van der Waals surface area (Å²) in [5, 5.41) is 4.21. The van der Waals surface area contributed by atoms with Crippen molar-refractivity contribution in [2.75, 3.05) is 0 Å². The minimum absolute atomic E-state index is 0.245. The standard InChI is InChI=1S/C22H19ClFN3S/c1-27-13-12-25-22(27)21(17-7-3-5-9-19(17)24)26-14-15-10-11-20(28-15)16-6-2-4-8-18(16)23/h2-13,21,26H,14H2,1H3. The molecule has 142 valence electrons. The molecule has 0 saturated heterocycles. The van der Waals surface area contributed by atoms with Crippen LogP contribution in [0.1, 0.15) is 22.3 Å². The number of aromatic nitrogens is 2. The second kappa shape index (κ2) is 8.27. The predicted octanol–water partition coefficient (Wildman–Crippen LogP) is 5.82. The maximum Gasteiger partial charge on any atom is 0.130 e. The summed E-state index contributed by atoms with van der Waals surface area (Å²) in [4.78, 5) is 6.69. The molecular formula is C22H19ClFN3S. The minimum atomic E-state index is -0.341. The normalized spacial score (nSPS) is 12.2. The van der Waals surface area contributed by atoms with E-state index in [0.717, 1.165) is 26.2 Å². The number of imidazole rings is 1. The minimum Gasteiger partial charge on any atom is -0.336 e. The summed E-state index contributed by atoms with van der Waals surface area (Å²) in [6.07, 6.45) is 3.59. The van der Waals surface area contributed by atoms with Gasteiger partial charge in [0, 0.05) is 51.9 Å². The number of thiophene rings is 1. The van der Waals surface area contributed by atoms with Crippen LogP contribution in [-0.2, 0) is 13.6 Å². The number of nitrogens with zero attached hydrogens (tertiary/aromatic N) is 2. The largest absolute Gasteiger partial charge is 0.336 e. The summed E-state index contributed by atoms with van der Waals surface area (Å²) in [5.74, 6) is 0.527. The summed E-state index contributed by atoms with van der Waals surface area (Å²) < 4.78 is 16.4. The molecule has 6 heteroatoms. The van der Waals surface area contributed by atoms with E-state index in [1.165, 1.54) is 6.07 Å². The third-order valence-corrected chi connectivity index (χ3v) is 6.06. The highest BCUT2D eigenvalue weighted by atomic mass is 35.5. The van der Waals surface area contributed by atoms with Crippen LogP contribution < -0.4 is 5.32 Å².